The third kappa shape index (κ3) is 4.22. The zero-order valence-electron chi connectivity index (χ0n) is 15.0. The van der Waals surface area contributed by atoms with Crippen molar-refractivity contribution < 1.29 is 4.79 Å². The Balaban J connectivity index is 1.83. The number of amides is 1. The topological polar surface area (TPSA) is 67.2 Å². The Bertz CT molecular complexity index is 887. The molecule has 0 aliphatic carbocycles. The standard InChI is InChI=1S/C22H23N3O/c1-15(2)16-8-11-19(12-9-16)25-22(26)20-14-17(23)10-13-21(20)24-18-6-4-3-5-7-18/h3-15,24H,23H2,1-2H3,(H,25,26). The first-order chi connectivity index (χ1) is 12.5. The zero-order valence-corrected chi connectivity index (χ0v) is 15.0. The summed E-state index contributed by atoms with van der Waals surface area (Å²) in [7, 11) is 0. The van der Waals surface area contributed by atoms with Crippen molar-refractivity contribution in [2.45, 2.75) is 19.8 Å². The first-order valence-corrected chi connectivity index (χ1v) is 8.66. The van der Waals surface area contributed by atoms with E-state index in [9.17, 15) is 4.79 Å². The SMILES string of the molecule is CC(C)c1ccc(NC(=O)c2cc(N)ccc2Nc2ccccc2)cc1. The molecule has 0 spiro atoms. The predicted molar refractivity (Wildman–Crippen MR) is 109 cm³/mol. The molecule has 132 valence electrons. The van der Waals surface area contributed by atoms with Gasteiger partial charge in [-0.15, -0.1) is 0 Å². The van der Waals surface area contributed by atoms with Crippen LogP contribution in [0.3, 0.4) is 0 Å². The Labute approximate surface area is 154 Å². The summed E-state index contributed by atoms with van der Waals surface area (Å²) in [4.78, 5) is 12.8. The van der Waals surface area contributed by atoms with Crippen LogP contribution < -0.4 is 16.4 Å². The minimum Gasteiger partial charge on any atom is -0.399 e. The van der Waals surface area contributed by atoms with E-state index in [1.165, 1.54) is 5.56 Å². The molecule has 0 aliphatic rings. The van der Waals surface area contributed by atoms with Crippen LogP contribution in [0.4, 0.5) is 22.7 Å². The minimum atomic E-state index is -0.201. The molecule has 0 heterocycles. The number of hydrogen-bond acceptors (Lipinski definition) is 3. The quantitative estimate of drug-likeness (QED) is 0.543. The summed E-state index contributed by atoms with van der Waals surface area (Å²) in [6, 6.07) is 22.9. The summed E-state index contributed by atoms with van der Waals surface area (Å²) in [6.45, 7) is 4.28. The minimum absolute atomic E-state index is 0.201. The van der Waals surface area contributed by atoms with Gasteiger partial charge in [0, 0.05) is 17.1 Å². The van der Waals surface area contributed by atoms with E-state index in [0.717, 1.165) is 11.4 Å². The van der Waals surface area contributed by atoms with E-state index in [1.807, 2.05) is 60.7 Å². The van der Waals surface area contributed by atoms with Crippen LogP contribution in [0.1, 0.15) is 35.7 Å². The summed E-state index contributed by atoms with van der Waals surface area (Å²) in [5.41, 5.74) is 10.6. The largest absolute Gasteiger partial charge is 0.399 e. The lowest BCUT2D eigenvalue weighted by atomic mass is 10.0. The van der Waals surface area contributed by atoms with Crippen molar-refractivity contribution in [3.8, 4) is 0 Å². The Morgan fingerprint density at radius 3 is 2.23 bits per heavy atom. The molecule has 0 saturated carbocycles. The highest BCUT2D eigenvalue weighted by Gasteiger charge is 2.13. The highest BCUT2D eigenvalue weighted by Crippen LogP contribution is 2.25. The number of benzene rings is 3. The summed E-state index contributed by atoms with van der Waals surface area (Å²) in [6.07, 6.45) is 0. The molecule has 0 bridgehead atoms. The second kappa shape index (κ2) is 7.74. The molecular formula is C22H23N3O. The number of anilines is 4. The number of nitrogens with one attached hydrogen (secondary N) is 2. The second-order valence-corrected chi connectivity index (χ2v) is 6.53. The zero-order chi connectivity index (χ0) is 18.5. The summed E-state index contributed by atoms with van der Waals surface area (Å²) in [5, 5.41) is 6.22. The number of nitrogens with two attached hydrogens (primary N) is 1. The van der Waals surface area contributed by atoms with Crippen molar-refractivity contribution in [2.75, 3.05) is 16.4 Å². The van der Waals surface area contributed by atoms with E-state index in [0.29, 0.717) is 22.9 Å². The van der Waals surface area contributed by atoms with Crippen molar-refractivity contribution in [1.29, 1.82) is 0 Å². The molecule has 0 saturated heterocycles. The lowest BCUT2D eigenvalue weighted by Crippen LogP contribution is -2.14. The first kappa shape index (κ1) is 17.5. The van der Waals surface area contributed by atoms with Crippen LogP contribution in [0.25, 0.3) is 0 Å². The van der Waals surface area contributed by atoms with E-state index >= 15 is 0 Å². The first-order valence-electron chi connectivity index (χ1n) is 8.66. The molecule has 1 amide bonds. The Morgan fingerprint density at radius 2 is 1.58 bits per heavy atom. The summed E-state index contributed by atoms with van der Waals surface area (Å²) in [5.74, 6) is 0.253. The Morgan fingerprint density at radius 1 is 0.885 bits per heavy atom. The van der Waals surface area contributed by atoms with Gasteiger partial charge in [0.15, 0.2) is 0 Å². The van der Waals surface area contributed by atoms with Gasteiger partial charge in [-0.25, -0.2) is 0 Å². The van der Waals surface area contributed by atoms with Crippen LogP contribution in [0.2, 0.25) is 0 Å². The maximum Gasteiger partial charge on any atom is 0.257 e. The van der Waals surface area contributed by atoms with E-state index < -0.39 is 0 Å². The van der Waals surface area contributed by atoms with Crippen molar-refractivity contribution >= 4 is 28.7 Å². The van der Waals surface area contributed by atoms with Gasteiger partial charge >= 0.3 is 0 Å². The number of hydrogen-bond donors (Lipinski definition) is 3. The van der Waals surface area contributed by atoms with Gasteiger partial charge in [-0.3, -0.25) is 4.79 Å². The van der Waals surface area contributed by atoms with Gasteiger partial charge in [0.25, 0.3) is 5.91 Å². The van der Waals surface area contributed by atoms with E-state index in [4.69, 9.17) is 5.73 Å². The molecule has 3 aromatic carbocycles. The molecule has 4 heteroatoms. The fraction of sp³-hybridized carbons (Fsp3) is 0.136. The van der Waals surface area contributed by atoms with Crippen LogP contribution in [0.15, 0.2) is 72.8 Å². The van der Waals surface area contributed by atoms with E-state index in [2.05, 4.69) is 24.5 Å². The molecular weight excluding hydrogens is 322 g/mol. The molecule has 4 nitrogen and oxygen atoms in total. The monoisotopic (exact) mass is 345 g/mol. The fourth-order valence-electron chi connectivity index (χ4n) is 2.69. The highest BCUT2D eigenvalue weighted by atomic mass is 16.1. The lowest BCUT2D eigenvalue weighted by Gasteiger charge is -2.14. The molecule has 0 radical (unpaired) electrons. The predicted octanol–water partition coefficient (Wildman–Crippen LogP) is 5.39. The molecule has 0 fully saturated rings. The van der Waals surface area contributed by atoms with Crippen LogP contribution in [0.5, 0.6) is 0 Å². The number of carbonyl (C=O) groups excluding carboxylic acids is 1. The second-order valence-electron chi connectivity index (χ2n) is 6.53. The third-order valence-electron chi connectivity index (χ3n) is 4.18. The Hall–Kier alpha value is -3.27. The van der Waals surface area contributed by atoms with Gasteiger partial charge in [0.05, 0.1) is 11.3 Å². The van der Waals surface area contributed by atoms with Crippen molar-refractivity contribution in [3.63, 3.8) is 0 Å². The van der Waals surface area contributed by atoms with Gasteiger partial charge in [0.1, 0.15) is 0 Å². The van der Waals surface area contributed by atoms with Gasteiger partial charge in [-0.05, 0) is 53.9 Å². The Kier molecular flexibility index (Phi) is 5.23. The van der Waals surface area contributed by atoms with Crippen LogP contribution in [-0.4, -0.2) is 5.91 Å². The number of para-hydroxylation sites is 1. The summed E-state index contributed by atoms with van der Waals surface area (Å²) >= 11 is 0. The number of rotatable bonds is 5. The molecule has 4 N–H and O–H groups in total. The molecule has 0 unspecified atom stereocenters. The molecule has 3 aromatic rings. The summed E-state index contributed by atoms with van der Waals surface area (Å²) < 4.78 is 0. The maximum atomic E-state index is 12.8. The van der Waals surface area contributed by atoms with Crippen molar-refractivity contribution in [1.82, 2.24) is 0 Å². The van der Waals surface area contributed by atoms with Crippen molar-refractivity contribution in [2.24, 2.45) is 0 Å². The average Bonchev–Trinajstić information content (AvgIpc) is 2.64. The smallest absolute Gasteiger partial charge is 0.257 e. The number of nitrogen functional groups attached to an aromatic ring is 1. The van der Waals surface area contributed by atoms with Crippen molar-refractivity contribution in [3.05, 3.63) is 83.9 Å². The maximum absolute atomic E-state index is 12.8. The highest BCUT2D eigenvalue weighted by molar-refractivity contribution is 6.09. The van der Waals surface area contributed by atoms with Gasteiger partial charge in [-0.2, -0.15) is 0 Å². The van der Waals surface area contributed by atoms with Gasteiger partial charge in [-0.1, -0.05) is 44.2 Å². The lowest BCUT2D eigenvalue weighted by molar-refractivity contribution is 0.102. The van der Waals surface area contributed by atoms with Crippen LogP contribution in [-0.2, 0) is 0 Å². The van der Waals surface area contributed by atoms with Gasteiger partial charge < -0.3 is 16.4 Å². The van der Waals surface area contributed by atoms with E-state index in [1.54, 1.807) is 12.1 Å². The fourth-order valence-corrected chi connectivity index (χ4v) is 2.69. The number of carbonyl (C=O) groups is 1. The molecule has 3 rings (SSSR count). The molecule has 26 heavy (non-hydrogen) atoms. The third-order valence-corrected chi connectivity index (χ3v) is 4.18. The molecule has 0 atom stereocenters. The molecule has 0 aliphatic heterocycles. The van der Waals surface area contributed by atoms with Gasteiger partial charge in [0.2, 0.25) is 0 Å². The van der Waals surface area contributed by atoms with Crippen LogP contribution in [0, 0.1) is 0 Å². The molecule has 0 aromatic heterocycles. The normalized spacial score (nSPS) is 10.6. The van der Waals surface area contributed by atoms with Crippen LogP contribution >= 0.6 is 0 Å². The van der Waals surface area contributed by atoms with E-state index in [-0.39, 0.29) is 5.91 Å². The average molecular weight is 345 g/mol.